The fraction of sp³-hybridized carbons (Fsp3) is 0. The average Bonchev–Trinajstić information content (AvgIpc) is 2.82. The second kappa shape index (κ2) is 9.57. The Morgan fingerprint density at radius 3 is 1.33 bits per heavy atom. The zero-order valence-electron chi connectivity index (χ0n) is 17.4. The highest BCUT2D eigenvalue weighted by Gasteiger charge is 2.18. The minimum Gasteiger partial charge on any atom is -0.506 e. The van der Waals surface area contributed by atoms with Gasteiger partial charge >= 0.3 is 0 Å². The lowest BCUT2D eigenvalue weighted by Crippen LogP contribution is -2.15. The van der Waals surface area contributed by atoms with Gasteiger partial charge in [-0.3, -0.25) is 9.59 Å². The summed E-state index contributed by atoms with van der Waals surface area (Å²) in [4.78, 5) is 25.7. The van der Waals surface area contributed by atoms with E-state index in [9.17, 15) is 19.8 Å². The third-order valence-corrected chi connectivity index (χ3v) is 4.79. The van der Waals surface area contributed by atoms with Crippen molar-refractivity contribution in [1.82, 2.24) is 0 Å². The van der Waals surface area contributed by atoms with E-state index in [1.807, 2.05) is 0 Å². The van der Waals surface area contributed by atoms with Gasteiger partial charge in [-0.05, 0) is 48.5 Å². The van der Waals surface area contributed by atoms with Gasteiger partial charge in [-0.1, -0.05) is 48.5 Å². The smallest absolute Gasteiger partial charge is 0.259 e. The molecule has 33 heavy (non-hydrogen) atoms. The third kappa shape index (κ3) is 4.94. The number of rotatable bonds is 6. The van der Waals surface area contributed by atoms with E-state index in [-0.39, 0.29) is 45.5 Å². The first-order chi connectivity index (χ1) is 16.0. The molecule has 4 N–H and O–H groups in total. The van der Waals surface area contributed by atoms with Crippen LogP contribution in [0.1, 0.15) is 20.7 Å². The molecule has 0 saturated carbocycles. The average molecular weight is 440 g/mol. The quantitative estimate of drug-likeness (QED) is 0.301. The van der Waals surface area contributed by atoms with E-state index in [0.717, 1.165) is 0 Å². The number of carbonyl (C=O) groups excluding carboxylic acids is 2. The van der Waals surface area contributed by atoms with Gasteiger partial charge in [-0.15, -0.1) is 0 Å². The van der Waals surface area contributed by atoms with Crippen molar-refractivity contribution in [2.45, 2.75) is 0 Å². The van der Waals surface area contributed by atoms with Crippen molar-refractivity contribution in [2.75, 3.05) is 10.6 Å². The molecule has 4 rings (SSSR count). The van der Waals surface area contributed by atoms with Crippen molar-refractivity contribution in [1.29, 1.82) is 0 Å². The number of anilines is 2. The summed E-state index contributed by atoms with van der Waals surface area (Å²) in [5.41, 5.74) is 0.966. The highest BCUT2D eigenvalue weighted by molar-refractivity contribution is 6.08. The number of benzene rings is 4. The van der Waals surface area contributed by atoms with Gasteiger partial charge in [-0.2, -0.15) is 0 Å². The number of amides is 2. The van der Waals surface area contributed by atoms with Crippen LogP contribution in [0, 0.1) is 0 Å². The van der Waals surface area contributed by atoms with Gasteiger partial charge < -0.3 is 25.6 Å². The van der Waals surface area contributed by atoms with Gasteiger partial charge in [0.25, 0.3) is 11.8 Å². The summed E-state index contributed by atoms with van der Waals surface area (Å²) in [5.74, 6) is -0.626. The van der Waals surface area contributed by atoms with Gasteiger partial charge in [0.15, 0.2) is 0 Å². The van der Waals surface area contributed by atoms with Crippen LogP contribution in [-0.4, -0.2) is 22.0 Å². The molecular weight excluding hydrogens is 420 g/mol. The molecule has 0 saturated heterocycles. The van der Waals surface area contributed by atoms with E-state index >= 15 is 0 Å². The van der Waals surface area contributed by atoms with Crippen molar-refractivity contribution in [3.05, 3.63) is 108 Å². The van der Waals surface area contributed by atoms with Crippen molar-refractivity contribution >= 4 is 23.2 Å². The van der Waals surface area contributed by atoms with Crippen molar-refractivity contribution in [3.8, 4) is 23.0 Å². The number of carbonyl (C=O) groups is 2. The van der Waals surface area contributed by atoms with E-state index in [0.29, 0.717) is 0 Å². The normalized spacial score (nSPS) is 10.3. The molecule has 4 aromatic rings. The molecule has 0 heterocycles. The van der Waals surface area contributed by atoms with Gasteiger partial charge in [0.2, 0.25) is 0 Å². The van der Waals surface area contributed by atoms with Crippen LogP contribution in [0.2, 0.25) is 0 Å². The maximum absolute atomic E-state index is 12.9. The number of aromatic hydroxyl groups is 2. The van der Waals surface area contributed by atoms with Crippen LogP contribution in [0.25, 0.3) is 0 Å². The van der Waals surface area contributed by atoms with Crippen LogP contribution in [0.3, 0.4) is 0 Å². The molecule has 0 spiro atoms. The first kappa shape index (κ1) is 21.5. The van der Waals surface area contributed by atoms with Gasteiger partial charge in [-0.25, -0.2) is 0 Å². The van der Waals surface area contributed by atoms with Crippen LogP contribution >= 0.6 is 0 Å². The minimum atomic E-state index is -0.483. The Balaban J connectivity index is 1.59. The van der Waals surface area contributed by atoms with Gasteiger partial charge in [0.1, 0.15) is 23.0 Å². The molecule has 0 atom stereocenters. The topological polar surface area (TPSA) is 108 Å². The lowest BCUT2D eigenvalue weighted by molar-refractivity contribution is 0.101. The summed E-state index contributed by atoms with van der Waals surface area (Å²) in [6.45, 7) is 0. The summed E-state index contributed by atoms with van der Waals surface area (Å²) in [5, 5.41) is 25.2. The molecule has 0 aliphatic carbocycles. The van der Waals surface area contributed by atoms with Gasteiger partial charge in [0, 0.05) is 0 Å². The van der Waals surface area contributed by atoms with E-state index in [1.165, 1.54) is 12.1 Å². The molecule has 0 aliphatic rings. The largest absolute Gasteiger partial charge is 0.506 e. The van der Waals surface area contributed by atoms with E-state index < -0.39 is 11.8 Å². The summed E-state index contributed by atoms with van der Waals surface area (Å²) in [6, 6.07) is 25.9. The summed E-state index contributed by atoms with van der Waals surface area (Å²) in [6.07, 6.45) is 0. The monoisotopic (exact) mass is 440 g/mol. The predicted octanol–water partition coefficient (Wildman–Crippen LogP) is 5.39. The van der Waals surface area contributed by atoms with Crippen LogP contribution in [0.4, 0.5) is 11.4 Å². The predicted molar refractivity (Wildman–Crippen MR) is 125 cm³/mol. The Morgan fingerprint density at radius 1 is 0.545 bits per heavy atom. The van der Waals surface area contributed by atoms with Crippen LogP contribution in [0.15, 0.2) is 97.1 Å². The molecule has 164 valence electrons. The summed E-state index contributed by atoms with van der Waals surface area (Å²) in [7, 11) is 0. The molecule has 0 unspecified atom stereocenters. The zero-order valence-corrected chi connectivity index (χ0v) is 17.4. The molecule has 0 aliphatic heterocycles. The maximum Gasteiger partial charge on any atom is 0.259 e. The molecule has 7 nitrogen and oxygen atoms in total. The Morgan fingerprint density at radius 2 is 0.909 bits per heavy atom. The Hall–Kier alpha value is -4.78. The molecule has 2 amide bonds. The van der Waals surface area contributed by atoms with Crippen molar-refractivity contribution in [2.24, 2.45) is 0 Å². The molecular formula is C26H20N2O5. The highest BCUT2D eigenvalue weighted by Crippen LogP contribution is 2.31. The fourth-order valence-electron chi connectivity index (χ4n) is 3.14. The Labute approximate surface area is 189 Å². The van der Waals surface area contributed by atoms with Crippen molar-refractivity contribution in [3.63, 3.8) is 0 Å². The molecule has 0 aromatic heterocycles. The van der Waals surface area contributed by atoms with E-state index in [2.05, 4.69) is 10.6 Å². The van der Waals surface area contributed by atoms with Gasteiger partial charge in [0.05, 0.1) is 22.5 Å². The number of ether oxygens (including phenoxy) is 1. The number of nitrogens with one attached hydrogen (secondary N) is 2. The Bertz CT molecular complexity index is 1220. The highest BCUT2D eigenvalue weighted by atomic mass is 16.5. The number of phenolic OH excluding ortho intramolecular Hbond substituents is 2. The molecule has 0 fully saturated rings. The van der Waals surface area contributed by atoms with Crippen LogP contribution in [0.5, 0.6) is 23.0 Å². The summed E-state index contributed by atoms with van der Waals surface area (Å²) >= 11 is 0. The maximum atomic E-state index is 12.9. The first-order valence-corrected chi connectivity index (χ1v) is 10.1. The molecule has 0 bridgehead atoms. The fourth-order valence-corrected chi connectivity index (χ4v) is 3.14. The first-order valence-electron chi connectivity index (χ1n) is 10.1. The second-order valence-corrected chi connectivity index (χ2v) is 7.04. The van der Waals surface area contributed by atoms with E-state index in [4.69, 9.17) is 4.74 Å². The molecule has 7 heteroatoms. The third-order valence-electron chi connectivity index (χ3n) is 4.79. The number of hydrogen-bond acceptors (Lipinski definition) is 5. The lowest BCUT2D eigenvalue weighted by atomic mass is 10.1. The van der Waals surface area contributed by atoms with E-state index in [1.54, 1.807) is 84.9 Å². The lowest BCUT2D eigenvalue weighted by Gasteiger charge is -2.15. The SMILES string of the molecule is O=C(Nc1ccccc1O)c1ccccc1Oc1ccccc1C(=O)Nc1ccccc1O. The van der Waals surface area contributed by atoms with Crippen molar-refractivity contribution < 1.29 is 24.5 Å². The molecule has 4 aromatic carbocycles. The number of para-hydroxylation sites is 6. The number of phenols is 2. The Kier molecular flexibility index (Phi) is 6.22. The standard InChI is InChI=1S/C26H20N2O5/c29-21-13-5-3-11-19(21)27-25(31)17-9-1-7-15-23(17)33-24-16-8-2-10-18(24)26(32)28-20-12-4-6-14-22(20)30/h1-16,29-30H,(H,27,31)(H,28,32). The number of hydrogen-bond donors (Lipinski definition) is 4. The van der Waals surface area contributed by atoms with Crippen LogP contribution < -0.4 is 15.4 Å². The van der Waals surface area contributed by atoms with Crippen LogP contribution in [-0.2, 0) is 0 Å². The summed E-state index contributed by atoms with van der Waals surface area (Å²) < 4.78 is 5.97. The minimum absolute atomic E-state index is 0.0598. The molecule has 0 radical (unpaired) electrons. The zero-order chi connectivity index (χ0) is 23.2. The second-order valence-electron chi connectivity index (χ2n) is 7.04.